The van der Waals surface area contributed by atoms with Crippen LogP contribution >= 0.6 is 23.4 Å². The SMILES string of the molecule is Cc1ccc(SCC(=O)N2CCN(c3cccc(Cl)c3)CC2)c(C)c1. The number of carbonyl (C=O) groups is 1. The summed E-state index contributed by atoms with van der Waals surface area (Å²) in [5.41, 5.74) is 3.62. The zero-order valence-electron chi connectivity index (χ0n) is 14.7. The number of aryl methyl sites for hydroxylation is 2. The Labute approximate surface area is 159 Å². The molecule has 1 aliphatic heterocycles. The van der Waals surface area contributed by atoms with Crippen LogP contribution in [0.15, 0.2) is 47.4 Å². The minimum atomic E-state index is 0.218. The third-order valence-corrected chi connectivity index (χ3v) is 5.88. The van der Waals surface area contributed by atoms with Gasteiger partial charge in [-0.25, -0.2) is 0 Å². The van der Waals surface area contributed by atoms with Crippen molar-refractivity contribution in [3.05, 3.63) is 58.6 Å². The lowest BCUT2D eigenvalue weighted by Crippen LogP contribution is -2.49. The highest BCUT2D eigenvalue weighted by Crippen LogP contribution is 2.24. The van der Waals surface area contributed by atoms with Gasteiger partial charge in [-0.05, 0) is 43.7 Å². The summed E-state index contributed by atoms with van der Waals surface area (Å²) < 4.78 is 0. The Balaban J connectivity index is 1.51. The molecule has 25 heavy (non-hydrogen) atoms. The summed E-state index contributed by atoms with van der Waals surface area (Å²) in [6.45, 7) is 7.41. The van der Waals surface area contributed by atoms with Crippen molar-refractivity contribution in [2.75, 3.05) is 36.8 Å². The smallest absolute Gasteiger partial charge is 0.233 e. The van der Waals surface area contributed by atoms with Crippen molar-refractivity contribution >= 4 is 35.0 Å². The van der Waals surface area contributed by atoms with Crippen LogP contribution in [0.1, 0.15) is 11.1 Å². The Morgan fingerprint density at radius 3 is 2.52 bits per heavy atom. The highest BCUT2D eigenvalue weighted by molar-refractivity contribution is 8.00. The maximum absolute atomic E-state index is 12.5. The van der Waals surface area contributed by atoms with Crippen molar-refractivity contribution < 1.29 is 4.79 Å². The molecule has 0 spiro atoms. The average Bonchev–Trinajstić information content (AvgIpc) is 2.61. The van der Waals surface area contributed by atoms with E-state index in [0.29, 0.717) is 5.75 Å². The predicted molar refractivity (Wildman–Crippen MR) is 107 cm³/mol. The molecule has 1 heterocycles. The van der Waals surface area contributed by atoms with Crippen LogP contribution in [0.5, 0.6) is 0 Å². The Morgan fingerprint density at radius 1 is 1.08 bits per heavy atom. The van der Waals surface area contributed by atoms with E-state index in [1.807, 2.05) is 23.1 Å². The highest BCUT2D eigenvalue weighted by Gasteiger charge is 2.21. The number of rotatable bonds is 4. The highest BCUT2D eigenvalue weighted by atomic mass is 35.5. The summed E-state index contributed by atoms with van der Waals surface area (Å²) in [5, 5.41) is 0.751. The largest absolute Gasteiger partial charge is 0.368 e. The fraction of sp³-hybridized carbons (Fsp3) is 0.350. The van der Waals surface area contributed by atoms with E-state index in [1.165, 1.54) is 16.0 Å². The van der Waals surface area contributed by atoms with Crippen molar-refractivity contribution in [3.63, 3.8) is 0 Å². The van der Waals surface area contributed by atoms with Crippen LogP contribution in [0.4, 0.5) is 5.69 Å². The molecule has 2 aromatic carbocycles. The molecule has 1 saturated heterocycles. The van der Waals surface area contributed by atoms with Gasteiger partial charge in [-0.2, -0.15) is 0 Å². The molecule has 2 aromatic rings. The van der Waals surface area contributed by atoms with Gasteiger partial charge in [0.1, 0.15) is 0 Å². The number of amides is 1. The number of hydrogen-bond acceptors (Lipinski definition) is 3. The molecule has 5 heteroatoms. The molecule has 1 amide bonds. The van der Waals surface area contributed by atoms with Gasteiger partial charge in [-0.3, -0.25) is 4.79 Å². The zero-order valence-corrected chi connectivity index (χ0v) is 16.2. The van der Waals surface area contributed by atoms with Crippen molar-refractivity contribution in [1.29, 1.82) is 0 Å². The number of anilines is 1. The predicted octanol–water partition coefficient (Wildman–Crippen LogP) is 4.40. The summed E-state index contributed by atoms with van der Waals surface area (Å²) in [6.07, 6.45) is 0. The summed E-state index contributed by atoms with van der Waals surface area (Å²) in [6, 6.07) is 14.3. The Hall–Kier alpha value is -1.65. The minimum absolute atomic E-state index is 0.218. The van der Waals surface area contributed by atoms with Crippen molar-refractivity contribution in [3.8, 4) is 0 Å². The zero-order chi connectivity index (χ0) is 17.8. The van der Waals surface area contributed by atoms with Crippen molar-refractivity contribution in [2.24, 2.45) is 0 Å². The fourth-order valence-corrected chi connectivity index (χ4v) is 4.18. The third kappa shape index (κ3) is 4.71. The van der Waals surface area contributed by atoms with Crippen LogP contribution < -0.4 is 4.90 Å². The van der Waals surface area contributed by atoms with Crippen LogP contribution in [0.3, 0.4) is 0 Å². The first-order valence-corrected chi connectivity index (χ1v) is 9.87. The Kier molecular flexibility index (Phi) is 5.92. The van der Waals surface area contributed by atoms with E-state index in [2.05, 4.69) is 43.0 Å². The molecule has 3 rings (SSSR count). The summed E-state index contributed by atoms with van der Waals surface area (Å²) in [7, 11) is 0. The van der Waals surface area contributed by atoms with Gasteiger partial charge in [-0.15, -0.1) is 11.8 Å². The summed E-state index contributed by atoms with van der Waals surface area (Å²) in [4.78, 5) is 18.0. The van der Waals surface area contributed by atoms with Crippen LogP contribution in [0.25, 0.3) is 0 Å². The number of piperazine rings is 1. The number of halogens is 1. The third-order valence-electron chi connectivity index (χ3n) is 4.49. The van der Waals surface area contributed by atoms with Crippen LogP contribution in [-0.2, 0) is 4.79 Å². The number of thioether (sulfide) groups is 1. The molecule has 3 nitrogen and oxygen atoms in total. The average molecular weight is 375 g/mol. The first-order chi connectivity index (χ1) is 12.0. The molecular weight excluding hydrogens is 352 g/mol. The topological polar surface area (TPSA) is 23.6 Å². The standard InChI is InChI=1S/C20H23ClN2OS/c1-15-6-7-19(16(2)12-15)25-14-20(24)23-10-8-22(9-11-23)18-5-3-4-17(21)13-18/h3-7,12-13H,8-11,14H2,1-2H3. The number of benzene rings is 2. The first kappa shape index (κ1) is 18.2. The maximum Gasteiger partial charge on any atom is 0.233 e. The van der Waals surface area contributed by atoms with E-state index in [4.69, 9.17) is 11.6 Å². The van der Waals surface area contributed by atoms with Crippen LogP contribution in [-0.4, -0.2) is 42.7 Å². The van der Waals surface area contributed by atoms with Crippen LogP contribution in [0.2, 0.25) is 5.02 Å². The Morgan fingerprint density at radius 2 is 1.84 bits per heavy atom. The summed E-state index contributed by atoms with van der Waals surface area (Å²) >= 11 is 7.71. The van der Waals surface area contributed by atoms with E-state index in [-0.39, 0.29) is 5.91 Å². The van der Waals surface area contributed by atoms with Gasteiger partial charge in [0, 0.05) is 41.8 Å². The van der Waals surface area contributed by atoms with Crippen LogP contribution in [0, 0.1) is 13.8 Å². The number of nitrogens with zero attached hydrogens (tertiary/aromatic N) is 2. The van der Waals surface area contributed by atoms with Gasteiger partial charge in [-0.1, -0.05) is 35.4 Å². The molecule has 132 valence electrons. The maximum atomic E-state index is 12.5. The van der Waals surface area contributed by atoms with E-state index in [1.54, 1.807) is 11.8 Å². The van der Waals surface area contributed by atoms with Gasteiger partial charge in [0.05, 0.1) is 5.75 Å². The summed E-state index contributed by atoms with van der Waals surface area (Å²) in [5.74, 6) is 0.719. The van der Waals surface area contributed by atoms with Gasteiger partial charge < -0.3 is 9.80 Å². The van der Waals surface area contributed by atoms with E-state index in [0.717, 1.165) is 36.9 Å². The lowest BCUT2D eigenvalue weighted by atomic mass is 10.2. The molecule has 0 aromatic heterocycles. The van der Waals surface area contributed by atoms with Gasteiger partial charge in [0.2, 0.25) is 5.91 Å². The van der Waals surface area contributed by atoms with E-state index < -0.39 is 0 Å². The lowest BCUT2D eigenvalue weighted by Gasteiger charge is -2.36. The normalized spacial score (nSPS) is 14.7. The number of carbonyl (C=O) groups excluding carboxylic acids is 1. The van der Waals surface area contributed by atoms with Crippen molar-refractivity contribution in [1.82, 2.24) is 4.90 Å². The van der Waals surface area contributed by atoms with Gasteiger partial charge >= 0.3 is 0 Å². The fourth-order valence-electron chi connectivity index (χ4n) is 3.08. The minimum Gasteiger partial charge on any atom is -0.368 e. The molecule has 0 aliphatic carbocycles. The molecule has 0 atom stereocenters. The number of hydrogen-bond donors (Lipinski definition) is 0. The molecule has 1 aliphatic rings. The first-order valence-electron chi connectivity index (χ1n) is 8.51. The second kappa shape index (κ2) is 8.15. The Bertz CT molecular complexity index is 757. The molecule has 0 radical (unpaired) electrons. The van der Waals surface area contributed by atoms with Crippen molar-refractivity contribution in [2.45, 2.75) is 18.7 Å². The second-order valence-corrected chi connectivity index (χ2v) is 7.86. The molecule has 0 bridgehead atoms. The molecule has 0 saturated carbocycles. The van der Waals surface area contributed by atoms with Gasteiger partial charge in [0.25, 0.3) is 0 Å². The quantitative estimate of drug-likeness (QED) is 0.741. The van der Waals surface area contributed by atoms with E-state index in [9.17, 15) is 4.79 Å². The molecule has 0 unspecified atom stereocenters. The second-order valence-electron chi connectivity index (χ2n) is 6.41. The monoisotopic (exact) mass is 374 g/mol. The van der Waals surface area contributed by atoms with E-state index >= 15 is 0 Å². The van der Waals surface area contributed by atoms with Gasteiger partial charge in [0.15, 0.2) is 0 Å². The lowest BCUT2D eigenvalue weighted by molar-refractivity contribution is -0.128. The molecule has 1 fully saturated rings. The molecular formula is C20H23ClN2OS. The molecule has 0 N–H and O–H groups in total.